The summed E-state index contributed by atoms with van der Waals surface area (Å²) in [5.74, 6) is -1.19. The van der Waals surface area contributed by atoms with Gasteiger partial charge in [-0.1, -0.05) is 0 Å². The van der Waals surface area contributed by atoms with E-state index >= 15 is 0 Å². The van der Waals surface area contributed by atoms with Gasteiger partial charge in [0.05, 0.1) is 11.9 Å². The van der Waals surface area contributed by atoms with E-state index in [1.807, 2.05) is 0 Å². The first-order valence-electron chi connectivity index (χ1n) is 6.47. The van der Waals surface area contributed by atoms with Crippen LogP contribution in [0.3, 0.4) is 0 Å². The van der Waals surface area contributed by atoms with Crippen LogP contribution in [0.25, 0.3) is 5.69 Å². The summed E-state index contributed by atoms with van der Waals surface area (Å²) < 4.78 is 14.2. The lowest BCUT2D eigenvalue weighted by Gasteiger charge is -2.10. The van der Waals surface area contributed by atoms with Gasteiger partial charge in [-0.2, -0.15) is 5.10 Å². The molecule has 1 heterocycles. The number of carbonyl (C=O) groups excluding carboxylic acids is 1. The highest BCUT2D eigenvalue weighted by molar-refractivity contribution is 5.94. The molecule has 0 fully saturated rings. The van der Waals surface area contributed by atoms with Crippen LogP contribution in [-0.2, 0) is 0 Å². The standard InChI is InChI=1S/C14H16FN3O3/c1-9(6-7-19)16-14(21)13-12(20)8-18(17-13)11-4-2-10(15)3-5-11/h2-5,8-9,19-20H,6-7H2,1H3,(H,16,21). The van der Waals surface area contributed by atoms with Crippen molar-refractivity contribution in [3.05, 3.63) is 42.0 Å². The highest BCUT2D eigenvalue weighted by atomic mass is 19.1. The lowest BCUT2D eigenvalue weighted by Crippen LogP contribution is -2.33. The van der Waals surface area contributed by atoms with Crippen molar-refractivity contribution in [1.29, 1.82) is 0 Å². The van der Waals surface area contributed by atoms with Crippen LogP contribution in [0.1, 0.15) is 23.8 Å². The number of halogens is 1. The van der Waals surface area contributed by atoms with Gasteiger partial charge in [-0.15, -0.1) is 0 Å². The average molecular weight is 293 g/mol. The van der Waals surface area contributed by atoms with Gasteiger partial charge in [0.15, 0.2) is 11.4 Å². The molecule has 1 amide bonds. The van der Waals surface area contributed by atoms with Gasteiger partial charge >= 0.3 is 0 Å². The topological polar surface area (TPSA) is 87.4 Å². The number of nitrogens with zero attached hydrogens (tertiary/aromatic N) is 2. The fraction of sp³-hybridized carbons (Fsp3) is 0.286. The zero-order valence-corrected chi connectivity index (χ0v) is 11.5. The van der Waals surface area contributed by atoms with Crippen LogP contribution in [-0.4, -0.2) is 38.5 Å². The average Bonchev–Trinajstić information content (AvgIpc) is 2.82. The first-order chi connectivity index (χ1) is 10.0. The molecule has 0 bridgehead atoms. The maximum atomic E-state index is 12.9. The van der Waals surface area contributed by atoms with Gasteiger partial charge in [0.25, 0.3) is 5.91 Å². The Hall–Kier alpha value is -2.41. The summed E-state index contributed by atoms with van der Waals surface area (Å²) in [4.78, 5) is 12.0. The van der Waals surface area contributed by atoms with Gasteiger partial charge in [0.1, 0.15) is 5.82 Å². The molecule has 0 saturated carbocycles. The largest absolute Gasteiger partial charge is 0.504 e. The van der Waals surface area contributed by atoms with Crippen LogP contribution in [0, 0.1) is 5.82 Å². The summed E-state index contributed by atoms with van der Waals surface area (Å²) in [6, 6.07) is 5.25. The molecule has 6 nitrogen and oxygen atoms in total. The predicted molar refractivity (Wildman–Crippen MR) is 73.8 cm³/mol. The van der Waals surface area contributed by atoms with E-state index in [0.29, 0.717) is 12.1 Å². The van der Waals surface area contributed by atoms with E-state index in [0.717, 1.165) is 0 Å². The predicted octanol–water partition coefficient (Wildman–Crippen LogP) is 1.22. The smallest absolute Gasteiger partial charge is 0.275 e. The summed E-state index contributed by atoms with van der Waals surface area (Å²) in [5.41, 5.74) is 0.401. The third-order valence-corrected chi connectivity index (χ3v) is 2.94. The molecular weight excluding hydrogens is 277 g/mol. The van der Waals surface area contributed by atoms with Crippen molar-refractivity contribution in [2.24, 2.45) is 0 Å². The van der Waals surface area contributed by atoms with Crippen molar-refractivity contribution >= 4 is 5.91 Å². The van der Waals surface area contributed by atoms with Crippen LogP contribution < -0.4 is 5.32 Å². The number of hydrogen-bond donors (Lipinski definition) is 3. The molecule has 1 atom stereocenters. The second-order valence-corrected chi connectivity index (χ2v) is 4.67. The quantitative estimate of drug-likeness (QED) is 0.773. The first kappa shape index (κ1) is 15.0. The minimum Gasteiger partial charge on any atom is -0.504 e. The lowest BCUT2D eigenvalue weighted by molar-refractivity contribution is 0.0926. The van der Waals surface area contributed by atoms with Gasteiger partial charge < -0.3 is 15.5 Å². The monoisotopic (exact) mass is 293 g/mol. The molecule has 0 saturated heterocycles. The Morgan fingerprint density at radius 2 is 2.10 bits per heavy atom. The summed E-state index contributed by atoms with van der Waals surface area (Å²) in [5, 5.41) is 25.2. The Morgan fingerprint density at radius 1 is 1.43 bits per heavy atom. The number of aromatic nitrogens is 2. The highest BCUT2D eigenvalue weighted by Crippen LogP contribution is 2.18. The number of aliphatic hydroxyl groups is 1. The van der Waals surface area contributed by atoms with Crippen molar-refractivity contribution in [2.45, 2.75) is 19.4 Å². The van der Waals surface area contributed by atoms with Crippen LogP contribution in [0.2, 0.25) is 0 Å². The number of rotatable bonds is 5. The summed E-state index contributed by atoms with van der Waals surface area (Å²) in [6.45, 7) is 1.69. The van der Waals surface area contributed by atoms with E-state index in [1.54, 1.807) is 6.92 Å². The SMILES string of the molecule is CC(CCO)NC(=O)c1nn(-c2ccc(F)cc2)cc1O. The third kappa shape index (κ3) is 3.57. The van der Waals surface area contributed by atoms with Crippen LogP contribution >= 0.6 is 0 Å². The fourth-order valence-electron chi connectivity index (χ4n) is 1.81. The minimum atomic E-state index is -0.533. The van der Waals surface area contributed by atoms with Gasteiger partial charge in [-0.3, -0.25) is 4.79 Å². The molecule has 1 aromatic heterocycles. The molecule has 112 valence electrons. The van der Waals surface area contributed by atoms with E-state index in [1.165, 1.54) is 35.1 Å². The fourth-order valence-corrected chi connectivity index (χ4v) is 1.81. The summed E-state index contributed by atoms with van der Waals surface area (Å²) >= 11 is 0. The number of aliphatic hydroxyl groups excluding tert-OH is 1. The van der Waals surface area contributed by atoms with E-state index in [9.17, 15) is 14.3 Å². The van der Waals surface area contributed by atoms with Crippen molar-refractivity contribution in [2.75, 3.05) is 6.61 Å². The Balaban J connectivity index is 2.19. The maximum absolute atomic E-state index is 12.9. The number of benzene rings is 1. The van der Waals surface area contributed by atoms with Crippen molar-refractivity contribution in [3.8, 4) is 11.4 Å². The first-order valence-corrected chi connectivity index (χ1v) is 6.47. The Labute approximate surface area is 120 Å². The normalized spacial score (nSPS) is 12.1. The molecule has 0 aliphatic heterocycles. The number of nitrogens with one attached hydrogen (secondary N) is 1. The summed E-state index contributed by atoms with van der Waals surface area (Å²) in [6.07, 6.45) is 1.68. The minimum absolute atomic E-state index is 0.0442. The summed E-state index contributed by atoms with van der Waals surface area (Å²) in [7, 11) is 0. The lowest BCUT2D eigenvalue weighted by atomic mass is 10.2. The molecule has 0 spiro atoms. The number of hydrogen-bond acceptors (Lipinski definition) is 4. The molecule has 1 aromatic carbocycles. The van der Waals surface area contributed by atoms with E-state index in [4.69, 9.17) is 5.11 Å². The molecule has 0 aliphatic rings. The molecular formula is C14H16FN3O3. The van der Waals surface area contributed by atoms with Crippen LogP contribution in [0.4, 0.5) is 4.39 Å². The van der Waals surface area contributed by atoms with Crippen molar-refractivity contribution in [1.82, 2.24) is 15.1 Å². The van der Waals surface area contributed by atoms with Gasteiger partial charge in [-0.25, -0.2) is 9.07 Å². The molecule has 0 aliphatic carbocycles. The third-order valence-electron chi connectivity index (χ3n) is 2.94. The highest BCUT2D eigenvalue weighted by Gasteiger charge is 2.18. The number of aromatic hydroxyl groups is 1. The molecule has 1 unspecified atom stereocenters. The molecule has 21 heavy (non-hydrogen) atoms. The van der Waals surface area contributed by atoms with Crippen molar-refractivity contribution in [3.63, 3.8) is 0 Å². The molecule has 2 aromatic rings. The van der Waals surface area contributed by atoms with E-state index in [-0.39, 0.29) is 29.9 Å². The zero-order valence-electron chi connectivity index (χ0n) is 11.5. The Kier molecular flexibility index (Phi) is 4.54. The molecule has 7 heteroatoms. The molecule has 0 radical (unpaired) electrons. The Bertz CT molecular complexity index is 625. The van der Waals surface area contributed by atoms with Crippen LogP contribution in [0.5, 0.6) is 5.75 Å². The van der Waals surface area contributed by atoms with E-state index < -0.39 is 5.91 Å². The van der Waals surface area contributed by atoms with Crippen molar-refractivity contribution < 1.29 is 19.4 Å². The zero-order chi connectivity index (χ0) is 15.4. The second-order valence-electron chi connectivity index (χ2n) is 4.67. The van der Waals surface area contributed by atoms with E-state index in [2.05, 4.69) is 10.4 Å². The Morgan fingerprint density at radius 3 is 2.71 bits per heavy atom. The van der Waals surface area contributed by atoms with Crippen LogP contribution in [0.15, 0.2) is 30.5 Å². The molecule has 3 N–H and O–H groups in total. The number of amides is 1. The number of carbonyl (C=O) groups is 1. The maximum Gasteiger partial charge on any atom is 0.275 e. The van der Waals surface area contributed by atoms with Gasteiger partial charge in [0.2, 0.25) is 0 Å². The van der Waals surface area contributed by atoms with Gasteiger partial charge in [-0.05, 0) is 37.6 Å². The second kappa shape index (κ2) is 6.36. The van der Waals surface area contributed by atoms with Gasteiger partial charge in [0, 0.05) is 12.6 Å². The molecule has 2 rings (SSSR count).